The number of carbonyl (C=O) groups is 1. The fraction of sp³-hybridized carbons (Fsp3) is 0.192. The van der Waals surface area contributed by atoms with Crippen LogP contribution in [0.3, 0.4) is 0 Å². The molecule has 0 N–H and O–H groups in total. The normalized spacial score (nSPS) is 11.1. The summed E-state index contributed by atoms with van der Waals surface area (Å²) >= 11 is 3.49. The lowest BCUT2D eigenvalue weighted by atomic mass is 10.00. The van der Waals surface area contributed by atoms with E-state index in [2.05, 4.69) is 15.9 Å². The van der Waals surface area contributed by atoms with Gasteiger partial charge in [-0.3, -0.25) is 0 Å². The van der Waals surface area contributed by atoms with Gasteiger partial charge in [-0.1, -0.05) is 28.1 Å². The first kappa shape index (κ1) is 23.0. The fourth-order valence-corrected chi connectivity index (χ4v) is 4.39. The number of carbonyl (C=O) groups excluding carboxylic acids is 1. The minimum atomic E-state index is -0.698. The Labute approximate surface area is 199 Å². The van der Waals surface area contributed by atoms with Crippen molar-refractivity contribution >= 4 is 32.9 Å². The van der Waals surface area contributed by atoms with Crippen molar-refractivity contribution in [3.63, 3.8) is 0 Å². The molecule has 4 aromatic rings. The Morgan fingerprint density at radius 2 is 1.73 bits per heavy atom. The van der Waals surface area contributed by atoms with Crippen molar-refractivity contribution < 1.29 is 18.3 Å². The summed E-state index contributed by atoms with van der Waals surface area (Å²) in [4.78, 5) is 14.2. The molecule has 0 radical (unpaired) electrons. The van der Waals surface area contributed by atoms with Gasteiger partial charge in [0.2, 0.25) is 0 Å². The van der Waals surface area contributed by atoms with Crippen molar-refractivity contribution in [2.24, 2.45) is 0 Å². The van der Waals surface area contributed by atoms with E-state index in [4.69, 9.17) is 4.74 Å². The van der Waals surface area contributed by atoms with Crippen LogP contribution in [0.25, 0.3) is 22.0 Å². The van der Waals surface area contributed by atoms with Gasteiger partial charge in [-0.15, -0.1) is 0 Å². The van der Waals surface area contributed by atoms with E-state index in [0.717, 1.165) is 27.0 Å². The van der Waals surface area contributed by atoms with Gasteiger partial charge >= 0.3 is 6.09 Å². The summed E-state index contributed by atoms with van der Waals surface area (Å²) < 4.78 is 37.0. The van der Waals surface area contributed by atoms with Gasteiger partial charge in [-0.25, -0.2) is 13.6 Å². The summed E-state index contributed by atoms with van der Waals surface area (Å²) in [5.41, 5.74) is 2.73. The van der Waals surface area contributed by atoms with Crippen LogP contribution in [0.4, 0.5) is 13.6 Å². The molecule has 0 unspecified atom stereocenters. The van der Waals surface area contributed by atoms with Crippen LogP contribution in [0, 0.1) is 11.6 Å². The second-order valence-electron chi connectivity index (χ2n) is 7.64. The molecule has 1 heterocycles. The van der Waals surface area contributed by atoms with Crippen molar-refractivity contribution in [3.05, 3.63) is 88.5 Å². The quantitative estimate of drug-likeness (QED) is 0.273. The zero-order valence-corrected chi connectivity index (χ0v) is 19.9. The molecule has 0 atom stereocenters. The van der Waals surface area contributed by atoms with E-state index in [0.29, 0.717) is 30.8 Å². The van der Waals surface area contributed by atoms with E-state index in [-0.39, 0.29) is 5.75 Å². The number of benzene rings is 3. The van der Waals surface area contributed by atoms with E-state index in [1.54, 1.807) is 11.0 Å². The molecule has 0 saturated heterocycles. The number of hydrogen-bond acceptors (Lipinski definition) is 2. The van der Waals surface area contributed by atoms with Crippen molar-refractivity contribution in [2.45, 2.75) is 20.4 Å². The van der Waals surface area contributed by atoms with Crippen LogP contribution in [-0.2, 0) is 6.54 Å². The van der Waals surface area contributed by atoms with Crippen molar-refractivity contribution in [3.8, 4) is 16.9 Å². The van der Waals surface area contributed by atoms with E-state index in [9.17, 15) is 13.6 Å². The molecule has 1 aromatic heterocycles. The molecule has 7 heteroatoms. The number of halogens is 3. The van der Waals surface area contributed by atoms with Gasteiger partial charge in [-0.05, 0) is 67.4 Å². The molecular weight excluding hydrogens is 490 g/mol. The summed E-state index contributed by atoms with van der Waals surface area (Å²) in [6.45, 7) is 5.31. The third-order valence-corrected chi connectivity index (χ3v) is 6.02. The number of rotatable bonds is 6. The summed E-state index contributed by atoms with van der Waals surface area (Å²) in [6.07, 6.45) is 1.41. The highest BCUT2D eigenvalue weighted by atomic mass is 79.9. The molecule has 0 aliphatic rings. The molecular formula is C26H23BrF2N2O2. The molecule has 0 bridgehead atoms. The first-order valence-corrected chi connectivity index (χ1v) is 11.5. The van der Waals surface area contributed by atoms with Crippen molar-refractivity contribution in [2.75, 3.05) is 13.1 Å². The van der Waals surface area contributed by atoms with Gasteiger partial charge in [0.05, 0.1) is 0 Å². The predicted octanol–water partition coefficient (Wildman–Crippen LogP) is 7.24. The highest BCUT2D eigenvalue weighted by Gasteiger charge is 2.20. The van der Waals surface area contributed by atoms with Gasteiger partial charge in [0.1, 0.15) is 17.4 Å². The van der Waals surface area contributed by atoms with Gasteiger partial charge in [0.25, 0.3) is 0 Å². The Kier molecular flexibility index (Phi) is 6.79. The third-order valence-electron chi connectivity index (χ3n) is 5.53. The summed E-state index contributed by atoms with van der Waals surface area (Å²) in [6, 6.07) is 16.7. The smallest absolute Gasteiger partial charge is 0.410 e. The molecule has 33 heavy (non-hydrogen) atoms. The number of ether oxygens (including phenoxy) is 1. The van der Waals surface area contributed by atoms with Crippen molar-refractivity contribution in [1.29, 1.82) is 0 Å². The SMILES string of the molecule is CCN(CC)C(=O)Oc1ccc2c(ccn2Cc2cccc(Br)c2)c1-c1cc(F)cc(F)c1. The van der Waals surface area contributed by atoms with Gasteiger partial charge in [0, 0.05) is 52.8 Å². The molecule has 0 fully saturated rings. The second kappa shape index (κ2) is 9.75. The molecule has 1 amide bonds. The number of fused-ring (bicyclic) bond motifs is 1. The average Bonchev–Trinajstić information content (AvgIpc) is 3.16. The topological polar surface area (TPSA) is 34.5 Å². The molecule has 0 spiro atoms. The van der Waals surface area contributed by atoms with Crippen LogP contribution in [0.1, 0.15) is 19.4 Å². The average molecular weight is 513 g/mol. The maximum absolute atomic E-state index is 14.1. The van der Waals surface area contributed by atoms with Gasteiger partial charge in [0.15, 0.2) is 0 Å². The Hall–Kier alpha value is -3.19. The maximum Gasteiger partial charge on any atom is 0.415 e. The minimum absolute atomic E-state index is 0.254. The highest BCUT2D eigenvalue weighted by Crippen LogP contribution is 2.39. The van der Waals surface area contributed by atoms with Crippen molar-refractivity contribution in [1.82, 2.24) is 9.47 Å². The molecule has 0 aliphatic carbocycles. The molecule has 170 valence electrons. The van der Waals surface area contributed by atoms with E-state index in [1.807, 2.05) is 61.0 Å². The van der Waals surface area contributed by atoms with E-state index >= 15 is 0 Å². The molecule has 4 rings (SSSR count). The number of aromatic nitrogens is 1. The number of amides is 1. The predicted molar refractivity (Wildman–Crippen MR) is 129 cm³/mol. The van der Waals surface area contributed by atoms with Crippen LogP contribution in [0.5, 0.6) is 5.75 Å². The molecule has 0 saturated carbocycles. The van der Waals surface area contributed by atoms with Crippen LogP contribution in [0.2, 0.25) is 0 Å². The van der Waals surface area contributed by atoms with E-state index in [1.165, 1.54) is 12.1 Å². The fourth-order valence-electron chi connectivity index (χ4n) is 3.94. The highest BCUT2D eigenvalue weighted by molar-refractivity contribution is 9.10. The lowest BCUT2D eigenvalue weighted by Crippen LogP contribution is -2.33. The summed E-state index contributed by atoms with van der Waals surface area (Å²) in [5, 5.41) is 0.736. The minimum Gasteiger partial charge on any atom is -0.410 e. The van der Waals surface area contributed by atoms with Gasteiger partial charge < -0.3 is 14.2 Å². The number of nitrogens with zero attached hydrogens (tertiary/aromatic N) is 2. The summed E-state index contributed by atoms with van der Waals surface area (Å²) in [7, 11) is 0. The second-order valence-corrected chi connectivity index (χ2v) is 8.56. The maximum atomic E-state index is 14.1. The lowest BCUT2D eigenvalue weighted by Gasteiger charge is -2.20. The summed E-state index contributed by atoms with van der Waals surface area (Å²) in [5.74, 6) is -1.14. The number of hydrogen-bond donors (Lipinski definition) is 0. The zero-order chi connectivity index (χ0) is 23.5. The van der Waals surface area contributed by atoms with Crippen LogP contribution < -0.4 is 4.74 Å². The van der Waals surface area contributed by atoms with E-state index < -0.39 is 17.7 Å². The largest absolute Gasteiger partial charge is 0.415 e. The third kappa shape index (κ3) is 4.93. The zero-order valence-electron chi connectivity index (χ0n) is 18.3. The van der Waals surface area contributed by atoms with Crippen LogP contribution in [0.15, 0.2) is 71.3 Å². The Morgan fingerprint density at radius 1 is 1.00 bits per heavy atom. The van der Waals surface area contributed by atoms with Gasteiger partial charge in [-0.2, -0.15) is 0 Å². The molecule has 4 nitrogen and oxygen atoms in total. The Bertz CT molecular complexity index is 1290. The van der Waals surface area contributed by atoms with Crippen LogP contribution in [-0.4, -0.2) is 28.6 Å². The standard InChI is InChI=1S/C26H23BrF2N2O2/c1-3-30(4-2)26(32)33-24-9-8-23-22(25(24)18-13-20(28)15-21(29)14-18)10-11-31(23)16-17-6-5-7-19(27)12-17/h5-15H,3-4,16H2,1-2H3. The lowest BCUT2D eigenvalue weighted by molar-refractivity contribution is 0.157. The molecule has 0 aliphatic heterocycles. The molecule has 3 aromatic carbocycles. The monoisotopic (exact) mass is 512 g/mol. The Balaban J connectivity index is 1.84. The van der Waals surface area contributed by atoms with Crippen LogP contribution >= 0.6 is 15.9 Å². The first-order chi connectivity index (χ1) is 15.9. The Morgan fingerprint density at radius 3 is 2.39 bits per heavy atom. The first-order valence-electron chi connectivity index (χ1n) is 10.7.